The third-order valence-electron chi connectivity index (χ3n) is 4.66. The highest BCUT2D eigenvalue weighted by atomic mass is 35.5. The zero-order valence-electron chi connectivity index (χ0n) is 15.6. The van der Waals surface area contributed by atoms with Gasteiger partial charge in [0.05, 0.1) is 12.9 Å². The normalized spacial score (nSPS) is 16.4. The van der Waals surface area contributed by atoms with Crippen molar-refractivity contribution in [1.82, 2.24) is 39.7 Å². The molecule has 28 heavy (non-hydrogen) atoms. The van der Waals surface area contributed by atoms with Crippen LogP contribution in [0.25, 0.3) is 11.2 Å². The molecule has 4 rings (SSSR count). The number of hydrogen-bond acceptors (Lipinski definition) is 7. The summed E-state index contributed by atoms with van der Waals surface area (Å²) >= 11 is 0. The summed E-state index contributed by atoms with van der Waals surface area (Å²) < 4.78 is 1.96. The number of carbonyl (C=O) groups excluding carboxylic acids is 1. The number of nitrogens with zero attached hydrogens (tertiary/aromatic N) is 7. The Kier molecular flexibility index (Phi) is 7.17. The molecule has 1 aliphatic heterocycles. The summed E-state index contributed by atoms with van der Waals surface area (Å²) in [4.78, 5) is 36.8. The largest absolute Gasteiger partial charge is 0.348 e. The predicted molar refractivity (Wildman–Crippen MR) is 110 cm³/mol. The van der Waals surface area contributed by atoms with Gasteiger partial charge < -0.3 is 24.7 Å². The van der Waals surface area contributed by atoms with E-state index in [1.54, 1.807) is 12.5 Å². The van der Waals surface area contributed by atoms with Crippen molar-refractivity contribution in [3.8, 4) is 0 Å². The lowest BCUT2D eigenvalue weighted by molar-refractivity contribution is -0.133. The second-order valence-corrected chi connectivity index (χ2v) is 6.36. The monoisotopic (exact) mass is 427 g/mol. The molecular formula is C16H23Cl2N9O. The minimum Gasteiger partial charge on any atom is -0.348 e. The molecule has 10 nitrogen and oxygen atoms in total. The number of rotatable bonds is 4. The van der Waals surface area contributed by atoms with E-state index in [9.17, 15) is 4.79 Å². The number of aryl methyl sites for hydroxylation is 1. The molecule has 3 aromatic rings. The first kappa shape index (κ1) is 21.9. The lowest BCUT2D eigenvalue weighted by Crippen LogP contribution is -2.51. The SMILES string of the molecule is CN(CC(=O)N1CCNCC1c1nccn1C)c1ncnc2nc[nH]c12.Cl.Cl. The Morgan fingerprint density at radius 3 is 2.86 bits per heavy atom. The molecule has 2 N–H and O–H groups in total. The van der Waals surface area contributed by atoms with E-state index in [-0.39, 0.29) is 43.3 Å². The molecular weight excluding hydrogens is 405 g/mol. The highest BCUT2D eigenvalue weighted by Gasteiger charge is 2.31. The van der Waals surface area contributed by atoms with E-state index >= 15 is 0 Å². The number of hydrogen-bond donors (Lipinski definition) is 2. The van der Waals surface area contributed by atoms with E-state index in [0.717, 1.165) is 17.9 Å². The number of aromatic nitrogens is 6. The van der Waals surface area contributed by atoms with Crippen molar-refractivity contribution in [2.45, 2.75) is 6.04 Å². The van der Waals surface area contributed by atoms with Gasteiger partial charge in [0.1, 0.15) is 23.7 Å². The van der Waals surface area contributed by atoms with Gasteiger partial charge in [-0.25, -0.2) is 19.9 Å². The molecule has 152 valence electrons. The number of fused-ring (bicyclic) bond motifs is 1. The fourth-order valence-electron chi connectivity index (χ4n) is 3.34. The van der Waals surface area contributed by atoms with Crippen molar-refractivity contribution in [1.29, 1.82) is 0 Å². The van der Waals surface area contributed by atoms with Crippen molar-refractivity contribution >= 4 is 47.7 Å². The van der Waals surface area contributed by atoms with Crippen LogP contribution in [0.1, 0.15) is 11.9 Å². The first-order chi connectivity index (χ1) is 12.6. The average Bonchev–Trinajstić information content (AvgIpc) is 3.29. The van der Waals surface area contributed by atoms with Gasteiger partial charge in [0, 0.05) is 46.1 Å². The van der Waals surface area contributed by atoms with E-state index in [2.05, 4.69) is 30.2 Å². The lowest BCUT2D eigenvalue weighted by Gasteiger charge is -2.36. The molecule has 0 spiro atoms. The van der Waals surface area contributed by atoms with Gasteiger partial charge >= 0.3 is 0 Å². The maximum atomic E-state index is 13.0. The Morgan fingerprint density at radius 2 is 2.11 bits per heavy atom. The van der Waals surface area contributed by atoms with Crippen LogP contribution in [0, 0.1) is 0 Å². The molecule has 1 amide bonds. The quantitative estimate of drug-likeness (QED) is 0.625. The first-order valence-electron chi connectivity index (χ1n) is 8.48. The number of imidazole rings is 2. The van der Waals surface area contributed by atoms with Gasteiger partial charge in [0.2, 0.25) is 5.91 Å². The number of likely N-dealkylation sites (N-methyl/N-ethyl adjacent to an activating group) is 1. The zero-order valence-corrected chi connectivity index (χ0v) is 17.2. The van der Waals surface area contributed by atoms with Crippen LogP contribution in [-0.2, 0) is 11.8 Å². The molecule has 0 bridgehead atoms. The maximum Gasteiger partial charge on any atom is 0.242 e. The average molecular weight is 428 g/mol. The fraction of sp³-hybridized carbons (Fsp3) is 0.438. The number of halogens is 2. The van der Waals surface area contributed by atoms with E-state index in [0.29, 0.717) is 24.6 Å². The van der Waals surface area contributed by atoms with Crippen LogP contribution in [0.4, 0.5) is 5.82 Å². The minimum atomic E-state index is -0.0813. The van der Waals surface area contributed by atoms with Crippen LogP contribution in [0.5, 0.6) is 0 Å². The third kappa shape index (κ3) is 4.03. The zero-order chi connectivity index (χ0) is 18.1. The van der Waals surface area contributed by atoms with E-state index < -0.39 is 0 Å². The molecule has 4 heterocycles. The number of anilines is 1. The van der Waals surface area contributed by atoms with Crippen molar-refractivity contribution in [2.75, 3.05) is 38.1 Å². The van der Waals surface area contributed by atoms with Crippen LogP contribution in [0.3, 0.4) is 0 Å². The summed E-state index contributed by atoms with van der Waals surface area (Å²) in [5.74, 6) is 1.57. The van der Waals surface area contributed by atoms with Gasteiger partial charge in [-0.05, 0) is 0 Å². The number of aromatic amines is 1. The van der Waals surface area contributed by atoms with Gasteiger partial charge in [-0.3, -0.25) is 4.79 Å². The van der Waals surface area contributed by atoms with Crippen LogP contribution in [0.2, 0.25) is 0 Å². The van der Waals surface area contributed by atoms with Gasteiger partial charge in [-0.15, -0.1) is 24.8 Å². The number of piperazine rings is 1. The maximum absolute atomic E-state index is 13.0. The Balaban J connectivity index is 0.00000140. The Morgan fingerprint density at radius 1 is 1.29 bits per heavy atom. The smallest absolute Gasteiger partial charge is 0.242 e. The molecule has 0 aliphatic carbocycles. The second kappa shape index (κ2) is 9.18. The molecule has 1 atom stereocenters. The van der Waals surface area contributed by atoms with E-state index in [1.165, 1.54) is 6.33 Å². The standard InChI is InChI=1S/C16H21N9O.2ClH/c1-23-5-4-18-15(23)11-7-17-3-6-25(11)12(26)8-24(2)16-13-14(20-9-19-13)21-10-22-16;;/h4-5,9-11,17H,3,6-8H2,1-2H3,(H,19,20,21,22);2*1H. The predicted octanol–water partition coefficient (Wildman–Crippen LogP) is 0.539. The van der Waals surface area contributed by atoms with Crippen molar-refractivity contribution in [3.05, 3.63) is 30.9 Å². The molecule has 1 aliphatic rings. The Hall–Kier alpha value is -2.43. The van der Waals surface area contributed by atoms with Crippen molar-refractivity contribution < 1.29 is 4.79 Å². The van der Waals surface area contributed by atoms with Gasteiger partial charge in [0.25, 0.3) is 0 Å². The lowest BCUT2D eigenvalue weighted by atomic mass is 10.1. The highest BCUT2D eigenvalue weighted by Crippen LogP contribution is 2.22. The molecule has 1 unspecified atom stereocenters. The van der Waals surface area contributed by atoms with E-state index in [4.69, 9.17) is 0 Å². The molecule has 0 aromatic carbocycles. The number of nitrogens with one attached hydrogen (secondary N) is 2. The third-order valence-corrected chi connectivity index (χ3v) is 4.66. The Bertz CT molecular complexity index is 928. The minimum absolute atomic E-state index is 0. The van der Waals surface area contributed by atoms with Crippen LogP contribution >= 0.6 is 24.8 Å². The van der Waals surface area contributed by atoms with Gasteiger partial charge in [0.15, 0.2) is 11.5 Å². The van der Waals surface area contributed by atoms with Gasteiger partial charge in [-0.2, -0.15) is 0 Å². The molecule has 3 aromatic heterocycles. The van der Waals surface area contributed by atoms with E-state index in [1.807, 2.05) is 34.7 Å². The topological polar surface area (TPSA) is 108 Å². The highest BCUT2D eigenvalue weighted by molar-refractivity contribution is 5.87. The van der Waals surface area contributed by atoms with Crippen LogP contribution in [0.15, 0.2) is 25.0 Å². The number of carbonyl (C=O) groups is 1. The summed E-state index contributed by atoms with van der Waals surface area (Å²) in [6.07, 6.45) is 6.69. The van der Waals surface area contributed by atoms with Crippen molar-refractivity contribution in [2.24, 2.45) is 7.05 Å². The van der Waals surface area contributed by atoms with Crippen LogP contribution in [-0.4, -0.2) is 73.5 Å². The summed E-state index contributed by atoms with van der Waals surface area (Å²) in [5, 5.41) is 3.35. The summed E-state index contributed by atoms with van der Waals surface area (Å²) in [5.41, 5.74) is 1.31. The van der Waals surface area contributed by atoms with Crippen molar-refractivity contribution in [3.63, 3.8) is 0 Å². The molecule has 1 fully saturated rings. The van der Waals surface area contributed by atoms with Crippen LogP contribution < -0.4 is 10.2 Å². The summed E-state index contributed by atoms with van der Waals surface area (Å²) in [6, 6.07) is -0.0813. The second-order valence-electron chi connectivity index (χ2n) is 6.36. The number of H-pyrrole nitrogens is 1. The molecule has 0 saturated carbocycles. The number of amides is 1. The summed E-state index contributed by atoms with van der Waals surface area (Å²) in [7, 11) is 3.79. The summed E-state index contributed by atoms with van der Waals surface area (Å²) in [6.45, 7) is 2.33. The first-order valence-corrected chi connectivity index (χ1v) is 8.48. The molecule has 12 heteroatoms. The van der Waals surface area contributed by atoms with Gasteiger partial charge in [-0.1, -0.05) is 0 Å². The fourth-order valence-corrected chi connectivity index (χ4v) is 3.34. The molecule has 0 radical (unpaired) electrons. The molecule has 1 saturated heterocycles. The Labute approximate surface area is 174 Å².